The Balaban J connectivity index is 1.37. The summed E-state index contributed by atoms with van der Waals surface area (Å²) in [6.07, 6.45) is 6.91. The lowest BCUT2D eigenvalue weighted by Gasteiger charge is -2.11. The summed E-state index contributed by atoms with van der Waals surface area (Å²) in [7, 11) is 3.89. The summed E-state index contributed by atoms with van der Waals surface area (Å²) in [5.74, 6) is 0.696. The molecule has 4 aromatic rings. The Hall–Kier alpha value is -4.13. The number of hydrogen-bond donors (Lipinski definition) is 1. The predicted octanol–water partition coefficient (Wildman–Crippen LogP) is 3.91. The van der Waals surface area contributed by atoms with Gasteiger partial charge in [-0.25, -0.2) is 4.98 Å². The number of rotatable bonds is 6. The fourth-order valence-electron chi connectivity index (χ4n) is 3.19. The average molecular weight is 425 g/mol. The van der Waals surface area contributed by atoms with Gasteiger partial charge in [-0.2, -0.15) is 0 Å². The van der Waals surface area contributed by atoms with Crippen LogP contribution >= 0.6 is 0 Å². The highest BCUT2D eigenvalue weighted by atomic mass is 16.1. The third-order valence-electron chi connectivity index (χ3n) is 5.00. The molecule has 1 N–H and O–H groups in total. The van der Waals surface area contributed by atoms with Crippen molar-refractivity contribution in [3.05, 3.63) is 90.1 Å². The number of carbonyl (C=O) groups excluding carboxylic acids is 1. The fraction of sp³-hybridized carbons (Fsp3) is 0.160. The molecule has 0 fully saturated rings. The molecule has 7 nitrogen and oxygen atoms in total. The van der Waals surface area contributed by atoms with E-state index in [9.17, 15) is 4.79 Å². The monoisotopic (exact) mass is 424 g/mol. The summed E-state index contributed by atoms with van der Waals surface area (Å²) >= 11 is 0. The molecular weight excluding hydrogens is 400 g/mol. The van der Waals surface area contributed by atoms with Crippen LogP contribution in [0.2, 0.25) is 0 Å². The van der Waals surface area contributed by atoms with Gasteiger partial charge in [-0.05, 0) is 55.0 Å². The van der Waals surface area contributed by atoms with Gasteiger partial charge in [0.1, 0.15) is 5.82 Å². The SMILES string of the molecule is Cc1cc(-c2ccc(CNC(=O)c3ccc(-c4ccc(N(C)C)nc4)nc3)cn2)ccn1. The Morgan fingerprint density at radius 2 is 1.62 bits per heavy atom. The van der Waals surface area contributed by atoms with Crippen molar-refractivity contribution < 1.29 is 4.79 Å². The maximum Gasteiger partial charge on any atom is 0.253 e. The van der Waals surface area contributed by atoms with Crippen molar-refractivity contribution in [2.75, 3.05) is 19.0 Å². The molecule has 0 saturated heterocycles. The van der Waals surface area contributed by atoms with Crippen LogP contribution in [0, 0.1) is 6.92 Å². The van der Waals surface area contributed by atoms with E-state index in [0.29, 0.717) is 12.1 Å². The van der Waals surface area contributed by atoms with Crippen LogP contribution in [0.5, 0.6) is 0 Å². The lowest BCUT2D eigenvalue weighted by atomic mass is 10.1. The molecule has 0 saturated carbocycles. The van der Waals surface area contributed by atoms with Crippen LogP contribution in [-0.2, 0) is 6.54 Å². The number of aromatic nitrogens is 4. The number of nitrogens with zero attached hydrogens (tertiary/aromatic N) is 5. The maximum atomic E-state index is 12.5. The lowest BCUT2D eigenvalue weighted by Crippen LogP contribution is -2.23. The fourth-order valence-corrected chi connectivity index (χ4v) is 3.19. The summed E-state index contributed by atoms with van der Waals surface area (Å²) in [6.45, 7) is 2.34. The zero-order chi connectivity index (χ0) is 22.5. The molecule has 1 amide bonds. The molecular formula is C25H24N6O. The van der Waals surface area contributed by atoms with Crippen LogP contribution in [0.3, 0.4) is 0 Å². The topological polar surface area (TPSA) is 83.9 Å². The lowest BCUT2D eigenvalue weighted by molar-refractivity contribution is 0.0950. The van der Waals surface area contributed by atoms with Crippen LogP contribution in [0.4, 0.5) is 5.82 Å². The third-order valence-corrected chi connectivity index (χ3v) is 5.00. The maximum absolute atomic E-state index is 12.5. The molecule has 4 aromatic heterocycles. The van der Waals surface area contributed by atoms with Crippen molar-refractivity contribution in [2.45, 2.75) is 13.5 Å². The summed E-state index contributed by atoms with van der Waals surface area (Å²) in [5.41, 5.74) is 5.93. The Morgan fingerprint density at radius 1 is 0.844 bits per heavy atom. The van der Waals surface area contributed by atoms with Crippen LogP contribution in [0.25, 0.3) is 22.5 Å². The van der Waals surface area contributed by atoms with Gasteiger partial charge in [0.25, 0.3) is 5.91 Å². The minimum atomic E-state index is -0.182. The highest BCUT2D eigenvalue weighted by Crippen LogP contribution is 2.19. The van der Waals surface area contributed by atoms with E-state index in [4.69, 9.17) is 0 Å². The highest BCUT2D eigenvalue weighted by molar-refractivity contribution is 5.94. The second kappa shape index (κ2) is 9.34. The van der Waals surface area contributed by atoms with Crippen LogP contribution in [0.1, 0.15) is 21.6 Å². The molecule has 0 atom stereocenters. The molecule has 0 bridgehead atoms. The van der Waals surface area contributed by atoms with Gasteiger partial charge in [0.05, 0.1) is 17.0 Å². The van der Waals surface area contributed by atoms with Gasteiger partial charge in [-0.1, -0.05) is 6.07 Å². The largest absolute Gasteiger partial charge is 0.363 e. The first-order valence-electron chi connectivity index (χ1n) is 10.3. The molecule has 0 spiro atoms. The second-order valence-electron chi connectivity index (χ2n) is 7.65. The van der Waals surface area contributed by atoms with E-state index in [1.807, 2.05) is 68.4 Å². The standard InChI is InChI=1S/C25H24N6O/c1-17-12-19(10-11-26-17)22-7-4-18(13-27-22)14-30-25(32)21-5-8-23(28-16-21)20-6-9-24(29-15-20)31(2)3/h4-13,15-16H,14H2,1-3H3,(H,30,32). The molecule has 4 rings (SSSR count). The van der Waals surface area contributed by atoms with Crippen molar-refractivity contribution in [3.8, 4) is 22.5 Å². The van der Waals surface area contributed by atoms with Crippen molar-refractivity contribution in [1.29, 1.82) is 0 Å². The second-order valence-corrected chi connectivity index (χ2v) is 7.65. The Labute approximate surface area is 187 Å². The van der Waals surface area contributed by atoms with E-state index >= 15 is 0 Å². The van der Waals surface area contributed by atoms with Gasteiger partial charge in [0, 0.05) is 62.2 Å². The van der Waals surface area contributed by atoms with Gasteiger partial charge in [0.15, 0.2) is 0 Å². The molecule has 0 aromatic carbocycles. The van der Waals surface area contributed by atoms with Gasteiger partial charge >= 0.3 is 0 Å². The molecule has 7 heteroatoms. The first-order chi connectivity index (χ1) is 15.5. The van der Waals surface area contributed by atoms with E-state index in [2.05, 4.69) is 25.3 Å². The quantitative estimate of drug-likeness (QED) is 0.505. The first kappa shape index (κ1) is 21.1. The van der Waals surface area contributed by atoms with Gasteiger partial charge in [-0.15, -0.1) is 0 Å². The molecule has 160 valence electrons. The Morgan fingerprint density at radius 3 is 2.25 bits per heavy atom. The first-order valence-corrected chi connectivity index (χ1v) is 10.3. The van der Waals surface area contributed by atoms with Gasteiger partial charge < -0.3 is 10.2 Å². The number of nitrogens with one attached hydrogen (secondary N) is 1. The van der Waals surface area contributed by atoms with E-state index in [-0.39, 0.29) is 5.91 Å². The molecule has 4 heterocycles. The summed E-state index contributed by atoms with van der Waals surface area (Å²) in [6, 6.07) is 15.3. The minimum absolute atomic E-state index is 0.182. The van der Waals surface area contributed by atoms with E-state index < -0.39 is 0 Å². The highest BCUT2D eigenvalue weighted by Gasteiger charge is 2.08. The van der Waals surface area contributed by atoms with E-state index in [0.717, 1.165) is 39.6 Å². The Bertz CT molecular complexity index is 1200. The number of anilines is 1. The normalized spacial score (nSPS) is 10.6. The number of pyridine rings is 4. The number of aryl methyl sites for hydroxylation is 1. The summed E-state index contributed by atoms with van der Waals surface area (Å²) < 4.78 is 0. The van der Waals surface area contributed by atoms with Crippen LogP contribution in [-0.4, -0.2) is 39.9 Å². The third kappa shape index (κ3) is 4.95. The average Bonchev–Trinajstić information content (AvgIpc) is 2.83. The zero-order valence-electron chi connectivity index (χ0n) is 18.3. The number of hydrogen-bond acceptors (Lipinski definition) is 6. The zero-order valence-corrected chi connectivity index (χ0v) is 18.3. The van der Waals surface area contributed by atoms with Crippen molar-refractivity contribution >= 4 is 11.7 Å². The van der Waals surface area contributed by atoms with Crippen molar-refractivity contribution in [3.63, 3.8) is 0 Å². The van der Waals surface area contributed by atoms with Crippen LogP contribution in [0.15, 0.2) is 73.3 Å². The van der Waals surface area contributed by atoms with Gasteiger partial charge in [-0.3, -0.25) is 19.7 Å². The molecule has 0 aliphatic carbocycles. The molecule has 32 heavy (non-hydrogen) atoms. The molecule has 0 unspecified atom stereocenters. The minimum Gasteiger partial charge on any atom is -0.363 e. The van der Waals surface area contributed by atoms with Crippen molar-refractivity contribution in [1.82, 2.24) is 25.3 Å². The smallest absolute Gasteiger partial charge is 0.253 e. The van der Waals surface area contributed by atoms with Gasteiger partial charge in [0.2, 0.25) is 0 Å². The van der Waals surface area contributed by atoms with Crippen LogP contribution < -0.4 is 10.2 Å². The number of carbonyl (C=O) groups is 1. The summed E-state index contributed by atoms with van der Waals surface area (Å²) in [4.78, 5) is 32.0. The van der Waals surface area contributed by atoms with E-state index in [1.54, 1.807) is 30.9 Å². The number of amides is 1. The molecule has 0 aliphatic heterocycles. The summed E-state index contributed by atoms with van der Waals surface area (Å²) in [5, 5.41) is 2.92. The Kier molecular flexibility index (Phi) is 6.17. The molecule has 0 aliphatic rings. The van der Waals surface area contributed by atoms with Crippen molar-refractivity contribution in [2.24, 2.45) is 0 Å². The predicted molar refractivity (Wildman–Crippen MR) is 125 cm³/mol. The van der Waals surface area contributed by atoms with E-state index in [1.165, 1.54) is 0 Å². The molecule has 0 radical (unpaired) electrons.